The molecule has 0 saturated heterocycles. The van der Waals surface area contributed by atoms with Crippen LogP contribution in [0.3, 0.4) is 0 Å². The fraction of sp³-hybridized carbons (Fsp3) is 0.200. The zero-order valence-electron chi connectivity index (χ0n) is 8.07. The Labute approximate surface area is 90.4 Å². The van der Waals surface area contributed by atoms with Gasteiger partial charge < -0.3 is 20.4 Å². The van der Waals surface area contributed by atoms with E-state index in [-0.39, 0.29) is 11.1 Å². The van der Waals surface area contributed by atoms with Crippen LogP contribution in [0.1, 0.15) is 22.0 Å². The maximum atomic E-state index is 10.5. The van der Waals surface area contributed by atoms with Crippen molar-refractivity contribution in [2.75, 3.05) is 0 Å². The lowest BCUT2D eigenvalue weighted by atomic mass is 10.0. The van der Waals surface area contributed by atoms with Crippen LogP contribution in [0.2, 0.25) is 0 Å². The number of aldehydes is 1. The highest BCUT2D eigenvalue weighted by Crippen LogP contribution is 2.28. The Morgan fingerprint density at radius 3 is 2.44 bits per heavy atom. The molecule has 0 amide bonds. The van der Waals surface area contributed by atoms with Crippen molar-refractivity contribution in [2.45, 2.75) is 12.2 Å². The van der Waals surface area contributed by atoms with Gasteiger partial charge in [-0.05, 0) is 6.07 Å². The summed E-state index contributed by atoms with van der Waals surface area (Å²) in [6.07, 6.45) is -3.50. The van der Waals surface area contributed by atoms with Crippen LogP contribution in [0.25, 0.3) is 0 Å². The van der Waals surface area contributed by atoms with E-state index in [2.05, 4.69) is 0 Å². The molecule has 0 bridgehead atoms. The van der Waals surface area contributed by atoms with Crippen molar-refractivity contribution in [1.29, 1.82) is 0 Å². The van der Waals surface area contributed by atoms with Gasteiger partial charge in [-0.3, -0.25) is 4.79 Å². The highest BCUT2D eigenvalue weighted by atomic mass is 16.4. The lowest BCUT2D eigenvalue weighted by molar-refractivity contribution is -0.153. The lowest BCUT2D eigenvalue weighted by Crippen LogP contribution is -2.27. The number of aromatic hydroxyl groups is 1. The largest absolute Gasteiger partial charge is 0.507 e. The standard InChI is InChI=1S/C10H10O6/c11-4-5-2-1-3-6(7(5)12)8(13)9(14)10(15)16/h1-4,8-9,12-14H,(H,15,16). The summed E-state index contributed by atoms with van der Waals surface area (Å²) >= 11 is 0. The molecule has 86 valence electrons. The van der Waals surface area contributed by atoms with Gasteiger partial charge in [0.25, 0.3) is 0 Å². The Bertz CT molecular complexity index is 414. The Hall–Kier alpha value is -1.92. The van der Waals surface area contributed by atoms with Crippen LogP contribution in [-0.4, -0.2) is 38.8 Å². The topological polar surface area (TPSA) is 115 Å². The number of phenolic OH excluding ortho intramolecular Hbond substituents is 1. The number of phenols is 1. The number of carboxylic acid groups (broad SMARTS) is 1. The number of carbonyl (C=O) groups is 2. The normalized spacial score (nSPS) is 14.1. The Kier molecular flexibility index (Phi) is 3.60. The summed E-state index contributed by atoms with van der Waals surface area (Å²) in [5, 5.41) is 36.5. The number of hydrogen-bond acceptors (Lipinski definition) is 5. The maximum absolute atomic E-state index is 10.5. The lowest BCUT2D eigenvalue weighted by Gasteiger charge is -2.16. The summed E-state index contributed by atoms with van der Waals surface area (Å²) in [5.41, 5.74) is -0.298. The summed E-state index contributed by atoms with van der Waals surface area (Å²) in [6.45, 7) is 0. The van der Waals surface area contributed by atoms with Crippen molar-refractivity contribution in [2.24, 2.45) is 0 Å². The molecule has 16 heavy (non-hydrogen) atoms. The molecule has 4 N–H and O–H groups in total. The molecule has 2 atom stereocenters. The highest BCUT2D eigenvalue weighted by Gasteiger charge is 2.27. The van der Waals surface area contributed by atoms with E-state index in [1.165, 1.54) is 18.2 Å². The van der Waals surface area contributed by atoms with Crippen LogP contribution in [-0.2, 0) is 4.79 Å². The van der Waals surface area contributed by atoms with Crippen molar-refractivity contribution >= 4 is 12.3 Å². The number of carboxylic acids is 1. The number of benzene rings is 1. The van der Waals surface area contributed by atoms with E-state index in [0.29, 0.717) is 6.29 Å². The maximum Gasteiger partial charge on any atom is 0.335 e. The summed E-state index contributed by atoms with van der Waals surface area (Å²) in [5.74, 6) is -2.16. The number of aliphatic hydroxyl groups is 2. The first kappa shape index (κ1) is 12.2. The zero-order valence-corrected chi connectivity index (χ0v) is 8.07. The first-order chi connectivity index (χ1) is 7.49. The fourth-order valence-electron chi connectivity index (χ4n) is 1.22. The third-order valence-corrected chi connectivity index (χ3v) is 2.10. The van der Waals surface area contributed by atoms with E-state index in [9.17, 15) is 19.8 Å². The Morgan fingerprint density at radius 1 is 1.31 bits per heavy atom. The monoisotopic (exact) mass is 226 g/mol. The van der Waals surface area contributed by atoms with Crippen LogP contribution in [0.15, 0.2) is 18.2 Å². The van der Waals surface area contributed by atoms with Gasteiger partial charge in [0.05, 0.1) is 5.56 Å². The SMILES string of the molecule is O=Cc1cccc(C(O)C(O)C(=O)O)c1O. The fourth-order valence-corrected chi connectivity index (χ4v) is 1.22. The molecule has 0 spiro atoms. The Morgan fingerprint density at radius 2 is 1.94 bits per heavy atom. The van der Waals surface area contributed by atoms with Crippen LogP contribution >= 0.6 is 0 Å². The minimum atomic E-state index is -2.06. The molecule has 0 aliphatic heterocycles. The average molecular weight is 226 g/mol. The molecular weight excluding hydrogens is 216 g/mol. The van der Waals surface area contributed by atoms with E-state index < -0.39 is 23.9 Å². The van der Waals surface area contributed by atoms with Crippen molar-refractivity contribution in [1.82, 2.24) is 0 Å². The molecule has 2 unspecified atom stereocenters. The predicted molar refractivity (Wildman–Crippen MR) is 52.1 cm³/mol. The summed E-state index contributed by atoms with van der Waals surface area (Å²) in [7, 11) is 0. The summed E-state index contributed by atoms with van der Waals surface area (Å²) in [6, 6.07) is 3.88. The third-order valence-electron chi connectivity index (χ3n) is 2.10. The summed E-state index contributed by atoms with van der Waals surface area (Å²) in [4.78, 5) is 20.9. The van der Waals surface area contributed by atoms with Crippen LogP contribution < -0.4 is 0 Å². The molecule has 0 aliphatic carbocycles. The molecular formula is C10H10O6. The van der Waals surface area contributed by atoms with E-state index in [4.69, 9.17) is 10.2 Å². The molecule has 0 radical (unpaired) electrons. The number of rotatable bonds is 4. The molecule has 0 aromatic heterocycles. The first-order valence-corrected chi connectivity index (χ1v) is 4.35. The van der Waals surface area contributed by atoms with Crippen molar-refractivity contribution in [3.63, 3.8) is 0 Å². The zero-order chi connectivity index (χ0) is 12.3. The number of aliphatic hydroxyl groups excluding tert-OH is 2. The number of aliphatic carboxylic acids is 1. The van der Waals surface area contributed by atoms with Crippen LogP contribution in [0, 0.1) is 0 Å². The van der Waals surface area contributed by atoms with Gasteiger partial charge in [0, 0.05) is 5.56 Å². The smallest absolute Gasteiger partial charge is 0.335 e. The molecule has 0 heterocycles. The number of hydrogen-bond donors (Lipinski definition) is 4. The molecule has 1 aromatic rings. The van der Waals surface area contributed by atoms with Crippen LogP contribution in [0.5, 0.6) is 5.75 Å². The second kappa shape index (κ2) is 4.73. The summed E-state index contributed by atoms with van der Waals surface area (Å²) < 4.78 is 0. The molecule has 6 heteroatoms. The number of carbonyl (C=O) groups excluding carboxylic acids is 1. The van der Waals surface area contributed by atoms with E-state index >= 15 is 0 Å². The quantitative estimate of drug-likeness (QED) is 0.523. The van der Waals surface area contributed by atoms with E-state index in [1.54, 1.807) is 0 Å². The molecule has 6 nitrogen and oxygen atoms in total. The minimum absolute atomic E-state index is 0.0888. The van der Waals surface area contributed by atoms with Gasteiger partial charge in [0.1, 0.15) is 11.9 Å². The van der Waals surface area contributed by atoms with E-state index in [1.807, 2.05) is 0 Å². The molecule has 0 aliphatic rings. The third kappa shape index (κ3) is 2.18. The predicted octanol–water partition coefficient (Wildman–Crippen LogP) is -0.316. The second-order valence-corrected chi connectivity index (χ2v) is 3.13. The molecule has 0 saturated carbocycles. The Balaban J connectivity index is 3.13. The molecule has 1 aromatic carbocycles. The van der Waals surface area contributed by atoms with Gasteiger partial charge in [0.2, 0.25) is 0 Å². The van der Waals surface area contributed by atoms with Gasteiger partial charge in [-0.2, -0.15) is 0 Å². The first-order valence-electron chi connectivity index (χ1n) is 4.35. The van der Waals surface area contributed by atoms with E-state index in [0.717, 1.165) is 0 Å². The van der Waals surface area contributed by atoms with Gasteiger partial charge in [-0.15, -0.1) is 0 Å². The van der Waals surface area contributed by atoms with Gasteiger partial charge in [-0.1, -0.05) is 12.1 Å². The number of para-hydroxylation sites is 1. The minimum Gasteiger partial charge on any atom is -0.507 e. The van der Waals surface area contributed by atoms with Gasteiger partial charge in [0.15, 0.2) is 12.4 Å². The van der Waals surface area contributed by atoms with Crippen molar-refractivity contribution in [3.8, 4) is 5.75 Å². The average Bonchev–Trinajstić information content (AvgIpc) is 2.27. The van der Waals surface area contributed by atoms with Crippen molar-refractivity contribution < 1.29 is 30.0 Å². The molecule has 1 rings (SSSR count). The van der Waals surface area contributed by atoms with Gasteiger partial charge in [-0.25, -0.2) is 4.79 Å². The second-order valence-electron chi connectivity index (χ2n) is 3.13. The molecule has 0 fully saturated rings. The van der Waals surface area contributed by atoms with Crippen LogP contribution in [0.4, 0.5) is 0 Å². The van der Waals surface area contributed by atoms with Crippen molar-refractivity contribution in [3.05, 3.63) is 29.3 Å². The van der Waals surface area contributed by atoms with Gasteiger partial charge >= 0.3 is 5.97 Å². The highest BCUT2D eigenvalue weighted by molar-refractivity contribution is 5.80.